The lowest BCUT2D eigenvalue weighted by Crippen LogP contribution is -2.39. The third kappa shape index (κ3) is 4.10. The molecule has 1 saturated heterocycles. The van der Waals surface area contributed by atoms with Crippen molar-refractivity contribution in [3.05, 3.63) is 23.0 Å². The summed E-state index contributed by atoms with van der Waals surface area (Å²) in [6.45, 7) is 3.50. The van der Waals surface area contributed by atoms with Gasteiger partial charge in [0.2, 0.25) is 0 Å². The molecule has 1 fully saturated rings. The summed E-state index contributed by atoms with van der Waals surface area (Å²) in [5.41, 5.74) is 1.15. The number of aliphatic hydroxyl groups is 1. The SMILES string of the molecule is Cc1cc(C(=O)CN2CCC(O)CC2)c(C)n1CC(F)(F)F. The van der Waals surface area contributed by atoms with Gasteiger partial charge < -0.3 is 9.67 Å². The molecule has 0 bridgehead atoms. The highest BCUT2D eigenvalue weighted by atomic mass is 19.4. The number of hydrogen-bond acceptors (Lipinski definition) is 3. The molecule has 0 amide bonds. The van der Waals surface area contributed by atoms with Crippen LogP contribution in [0.4, 0.5) is 13.2 Å². The number of hydrogen-bond donors (Lipinski definition) is 1. The molecule has 2 rings (SSSR count). The first-order chi connectivity index (χ1) is 10.2. The summed E-state index contributed by atoms with van der Waals surface area (Å²) in [5.74, 6) is -0.169. The second kappa shape index (κ2) is 6.42. The minimum absolute atomic E-state index is 0.169. The number of carbonyl (C=O) groups is 1. The third-order valence-corrected chi connectivity index (χ3v) is 4.14. The van der Waals surface area contributed by atoms with Gasteiger partial charge in [-0.25, -0.2) is 0 Å². The van der Waals surface area contributed by atoms with Crippen molar-refractivity contribution in [2.45, 2.75) is 45.5 Å². The molecule has 0 aliphatic carbocycles. The van der Waals surface area contributed by atoms with E-state index in [9.17, 15) is 23.1 Å². The van der Waals surface area contributed by atoms with E-state index in [0.29, 0.717) is 42.9 Å². The smallest absolute Gasteiger partial charge is 0.393 e. The maximum absolute atomic E-state index is 12.6. The lowest BCUT2D eigenvalue weighted by atomic mass is 10.1. The summed E-state index contributed by atoms with van der Waals surface area (Å²) in [4.78, 5) is 14.3. The van der Waals surface area contributed by atoms with E-state index in [1.165, 1.54) is 6.07 Å². The average Bonchev–Trinajstić information content (AvgIpc) is 2.68. The maximum Gasteiger partial charge on any atom is 0.406 e. The predicted molar refractivity (Wildman–Crippen MR) is 76.0 cm³/mol. The molecule has 2 heterocycles. The van der Waals surface area contributed by atoms with Crippen LogP contribution in [0, 0.1) is 13.8 Å². The predicted octanol–water partition coefficient (Wildman–Crippen LogP) is 2.31. The van der Waals surface area contributed by atoms with E-state index in [1.54, 1.807) is 13.8 Å². The molecule has 1 aliphatic heterocycles. The van der Waals surface area contributed by atoms with Crippen LogP contribution in [0.5, 0.6) is 0 Å². The van der Waals surface area contributed by atoms with Gasteiger partial charge in [-0.2, -0.15) is 13.2 Å². The molecule has 22 heavy (non-hydrogen) atoms. The van der Waals surface area contributed by atoms with Crippen molar-refractivity contribution in [2.24, 2.45) is 0 Å². The summed E-state index contributed by atoms with van der Waals surface area (Å²) in [5, 5.41) is 9.45. The molecule has 0 unspecified atom stereocenters. The highest BCUT2D eigenvalue weighted by Gasteiger charge is 2.30. The highest BCUT2D eigenvalue weighted by Crippen LogP contribution is 2.23. The molecule has 124 valence electrons. The van der Waals surface area contributed by atoms with Crippen molar-refractivity contribution >= 4 is 5.78 Å². The molecule has 0 aromatic carbocycles. The second-order valence-corrected chi connectivity index (χ2v) is 5.92. The van der Waals surface area contributed by atoms with E-state index in [-0.39, 0.29) is 18.4 Å². The molecular formula is C15H21F3N2O2. The molecule has 0 atom stereocenters. The fraction of sp³-hybridized carbons (Fsp3) is 0.667. The average molecular weight is 318 g/mol. The first-order valence-electron chi connectivity index (χ1n) is 7.34. The van der Waals surface area contributed by atoms with E-state index >= 15 is 0 Å². The Morgan fingerprint density at radius 2 is 1.91 bits per heavy atom. The van der Waals surface area contributed by atoms with Crippen molar-refractivity contribution in [3.8, 4) is 0 Å². The number of aryl methyl sites for hydroxylation is 1. The number of halogens is 3. The Kier molecular flexibility index (Phi) is 4.97. The number of alkyl halides is 3. The molecule has 7 heteroatoms. The maximum atomic E-state index is 12.6. The zero-order valence-electron chi connectivity index (χ0n) is 12.8. The number of ketones is 1. The molecule has 4 nitrogen and oxygen atoms in total. The van der Waals surface area contributed by atoms with Gasteiger partial charge in [0.05, 0.1) is 12.6 Å². The molecule has 1 aromatic heterocycles. The zero-order chi connectivity index (χ0) is 16.5. The minimum Gasteiger partial charge on any atom is -0.393 e. The highest BCUT2D eigenvalue weighted by molar-refractivity contribution is 5.99. The topological polar surface area (TPSA) is 45.5 Å². The van der Waals surface area contributed by atoms with Crippen molar-refractivity contribution in [2.75, 3.05) is 19.6 Å². The van der Waals surface area contributed by atoms with Crippen LogP contribution in [0.15, 0.2) is 6.07 Å². The number of carbonyl (C=O) groups excluding carboxylic acids is 1. The summed E-state index contributed by atoms with van der Waals surface area (Å²) in [7, 11) is 0. The Morgan fingerprint density at radius 1 is 1.32 bits per heavy atom. The summed E-state index contributed by atoms with van der Waals surface area (Å²) in [6, 6.07) is 1.53. The van der Waals surface area contributed by atoms with Crippen LogP contribution in [0.1, 0.15) is 34.6 Å². The first-order valence-corrected chi connectivity index (χ1v) is 7.34. The Labute approximate surface area is 127 Å². The van der Waals surface area contributed by atoms with Crippen LogP contribution >= 0.6 is 0 Å². The van der Waals surface area contributed by atoms with Crippen LogP contribution in [-0.4, -0.2) is 52.3 Å². The number of rotatable bonds is 4. The monoisotopic (exact) mass is 318 g/mol. The van der Waals surface area contributed by atoms with Crippen LogP contribution in [0.3, 0.4) is 0 Å². The second-order valence-electron chi connectivity index (χ2n) is 5.92. The quantitative estimate of drug-likeness (QED) is 0.867. The fourth-order valence-electron chi connectivity index (χ4n) is 2.87. The van der Waals surface area contributed by atoms with Crippen LogP contribution in [0.2, 0.25) is 0 Å². The van der Waals surface area contributed by atoms with Crippen LogP contribution in [0.25, 0.3) is 0 Å². The number of aliphatic hydroxyl groups excluding tert-OH is 1. The number of piperidine rings is 1. The fourth-order valence-corrected chi connectivity index (χ4v) is 2.87. The summed E-state index contributed by atoms with van der Waals surface area (Å²) in [6.07, 6.45) is -3.37. The van der Waals surface area contributed by atoms with Crippen LogP contribution in [-0.2, 0) is 6.54 Å². The van der Waals surface area contributed by atoms with Gasteiger partial charge in [-0.3, -0.25) is 9.69 Å². The Balaban J connectivity index is 2.09. The van der Waals surface area contributed by atoms with Crippen molar-refractivity contribution < 1.29 is 23.1 Å². The standard InChI is InChI=1S/C15H21F3N2O2/c1-10-7-13(11(2)20(10)9-15(16,17)18)14(22)8-19-5-3-12(21)4-6-19/h7,12,21H,3-6,8-9H2,1-2H3. The molecular weight excluding hydrogens is 297 g/mol. The van der Waals surface area contributed by atoms with Gasteiger partial charge in [0.25, 0.3) is 0 Å². The zero-order valence-corrected chi connectivity index (χ0v) is 12.8. The largest absolute Gasteiger partial charge is 0.406 e. The minimum atomic E-state index is -4.31. The third-order valence-electron chi connectivity index (χ3n) is 4.14. The molecule has 1 aromatic rings. The Morgan fingerprint density at radius 3 is 2.45 bits per heavy atom. The van der Waals surface area contributed by atoms with Gasteiger partial charge in [0.1, 0.15) is 6.54 Å². The van der Waals surface area contributed by atoms with E-state index in [4.69, 9.17) is 0 Å². The lowest BCUT2D eigenvalue weighted by Gasteiger charge is -2.28. The van der Waals surface area contributed by atoms with Crippen LogP contribution < -0.4 is 0 Å². The van der Waals surface area contributed by atoms with Gasteiger partial charge in [-0.15, -0.1) is 0 Å². The Bertz CT molecular complexity index is 544. The number of Topliss-reactive ketones (excluding diaryl/α,β-unsaturated/α-hetero) is 1. The molecule has 0 radical (unpaired) electrons. The molecule has 0 spiro atoms. The molecule has 1 aliphatic rings. The summed E-state index contributed by atoms with van der Waals surface area (Å²) < 4.78 is 38.9. The van der Waals surface area contributed by atoms with Crippen molar-refractivity contribution in [1.29, 1.82) is 0 Å². The molecule has 1 N–H and O–H groups in total. The molecule has 0 saturated carbocycles. The van der Waals surface area contributed by atoms with E-state index in [1.807, 2.05) is 4.90 Å². The van der Waals surface area contributed by atoms with E-state index < -0.39 is 12.7 Å². The van der Waals surface area contributed by atoms with Gasteiger partial charge in [-0.05, 0) is 32.8 Å². The van der Waals surface area contributed by atoms with Gasteiger partial charge in [0.15, 0.2) is 5.78 Å². The van der Waals surface area contributed by atoms with E-state index in [0.717, 1.165) is 4.57 Å². The van der Waals surface area contributed by atoms with Gasteiger partial charge in [-0.1, -0.05) is 0 Å². The normalized spacial score (nSPS) is 17.9. The van der Waals surface area contributed by atoms with Crippen molar-refractivity contribution in [1.82, 2.24) is 9.47 Å². The number of aromatic nitrogens is 1. The first kappa shape index (κ1) is 17.0. The lowest BCUT2D eigenvalue weighted by molar-refractivity contribution is -0.141. The Hall–Kier alpha value is -1.34. The van der Waals surface area contributed by atoms with E-state index in [2.05, 4.69) is 0 Å². The van der Waals surface area contributed by atoms with Gasteiger partial charge in [0, 0.05) is 30.0 Å². The van der Waals surface area contributed by atoms with Gasteiger partial charge >= 0.3 is 6.18 Å². The number of nitrogens with zero attached hydrogens (tertiary/aromatic N) is 2. The summed E-state index contributed by atoms with van der Waals surface area (Å²) >= 11 is 0. The van der Waals surface area contributed by atoms with Crippen molar-refractivity contribution in [3.63, 3.8) is 0 Å². The number of likely N-dealkylation sites (tertiary alicyclic amines) is 1.